The van der Waals surface area contributed by atoms with Gasteiger partial charge in [-0.2, -0.15) is 0 Å². The highest BCUT2D eigenvalue weighted by molar-refractivity contribution is 5.94. The molecule has 3 aromatic rings. The van der Waals surface area contributed by atoms with Crippen LogP contribution in [-0.4, -0.2) is 19.0 Å². The highest BCUT2D eigenvalue weighted by Crippen LogP contribution is 2.54. The second-order valence-corrected chi connectivity index (χ2v) is 9.13. The van der Waals surface area contributed by atoms with Gasteiger partial charge in [0.15, 0.2) is 17.3 Å². The Bertz CT molecular complexity index is 1240. The summed E-state index contributed by atoms with van der Waals surface area (Å²) < 4.78 is 11.6. The Morgan fingerprint density at radius 2 is 1.69 bits per heavy atom. The molecule has 0 radical (unpaired) electrons. The number of rotatable bonds is 3. The highest BCUT2D eigenvalue weighted by Gasteiger charge is 2.40. The molecule has 0 bridgehead atoms. The van der Waals surface area contributed by atoms with Gasteiger partial charge < -0.3 is 9.47 Å². The van der Waals surface area contributed by atoms with Gasteiger partial charge in [-0.1, -0.05) is 54.6 Å². The number of fused-ring (bicyclic) bond motifs is 4. The maximum Gasteiger partial charge on any atom is 0.161 e. The van der Waals surface area contributed by atoms with E-state index in [1.165, 1.54) is 27.8 Å². The van der Waals surface area contributed by atoms with Crippen molar-refractivity contribution < 1.29 is 14.3 Å². The molecule has 1 aliphatic heterocycles. The maximum absolute atomic E-state index is 12.0. The molecule has 160 valence electrons. The molecule has 3 aromatic carbocycles. The van der Waals surface area contributed by atoms with Crippen molar-refractivity contribution in [1.29, 1.82) is 0 Å². The minimum absolute atomic E-state index is 0.124. The first-order valence-corrected chi connectivity index (χ1v) is 11.5. The molecule has 0 N–H and O–H groups in total. The Morgan fingerprint density at radius 1 is 0.844 bits per heavy atom. The van der Waals surface area contributed by atoms with E-state index in [1.807, 2.05) is 18.2 Å². The minimum atomic E-state index is 0.124. The SMILES string of the molecule is CC(=O)c1cccc(C2Cc3ccccc3C3CC(c4ccc5c(c4)OCCO5)=CC23)c1. The molecule has 2 aliphatic carbocycles. The molecule has 6 rings (SSSR count). The van der Waals surface area contributed by atoms with E-state index >= 15 is 0 Å². The van der Waals surface area contributed by atoms with E-state index < -0.39 is 0 Å². The van der Waals surface area contributed by atoms with Crippen LogP contribution in [0.15, 0.2) is 72.8 Å². The zero-order chi connectivity index (χ0) is 21.7. The van der Waals surface area contributed by atoms with Gasteiger partial charge in [-0.15, -0.1) is 0 Å². The largest absolute Gasteiger partial charge is 0.486 e. The Kier molecular flexibility index (Phi) is 4.64. The van der Waals surface area contributed by atoms with E-state index in [-0.39, 0.29) is 5.78 Å². The van der Waals surface area contributed by atoms with Crippen LogP contribution in [0.3, 0.4) is 0 Å². The third-order valence-electron chi connectivity index (χ3n) is 7.29. The Hall–Kier alpha value is -3.33. The summed E-state index contributed by atoms with van der Waals surface area (Å²) in [5, 5.41) is 0. The lowest BCUT2D eigenvalue weighted by Crippen LogP contribution is -2.25. The number of benzene rings is 3. The molecule has 3 unspecified atom stereocenters. The highest BCUT2D eigenvalue weighted by atomic mass is 16.6. The molecule has 0 spiro atoms. The van der Waals surface area contributed by atoms with Crippen molar-refractivity contribution in [3.05, 3.63) is 101 Å². The predicted octanol–water partition coefficient (Wildman–Crippen LogP) is 6.19. The number of ether oxygens (including phenoxy) is 2. The Balaban J connectivity index is 1.42. The Labute approximate surface area is 188 Å². The van der Waals surface area contributed by atoms with Crippen LogP contribution in [0.1, 0.15) is 57.8 Å². The lowest BCUT2D eigenvalue weighted by molar-refractivity contribution is 0.101. The number of hydrogen-bond donors (Lipinski definition) is 0. The summed E-state index contributed by atoms with van der Waals surface area (Å²) in [4.78, 5) is 12.0. The van der Waals surface area contributed by atoms with Gasteiger partial charge in [-0.3, -0.25) is 4.79 Å². The van der Waals surface area contributed by atoms with Crippen LogP contribution in [0.4, 0.5) is 0 Å². The van der Waals surface area contributed by atoms with Crippen LogP contribution in [0.2, 0.25) is 0 Å². The minimum Gasteiger partial charge on any atom is -0.486 e. The van der Waals surface area contributed by atoms with Crippen LogP contribution in [0, 0.1) is 5.92 Å². The smallest absolute Gasteiger partial charge is 0.161 e. The van der Waals surface area contributed by atoms with Crippen molar-refractivity contribution in [3.63, 3.8) is 0 Å². The number of allylic oxidation sites excluding steroid dienone is 2. The molecule has 0 aromatic heterocycles. The summed E-state index contributed by atoms with van der Waals surface area (Å²) in [5.74, 6) is 3.03. The Morgan fingerprint density at radius 3 is 2.56 bits per heavy atom. The van der Waals surface area contributed by atoms with Crippen molar-refractivity contribution in [1.82, 2.24) is 0 Å². The van der Waals surface area contributed by atoms with Gasteiger partial charge >= 0.3 is 0 Å². The van der Waals surface area contributed by atoms with Crippen LogP contribution in [0.25, 0.3) is 5.57 Å². The second-order valence-electron chi connectivity index (χ2n) is 9.13. The van der Waals surface area contributed by atoms with Crippen LogP contribution in [-0.2, 0) is 6.42 Å². The lowest BCUT2D eigenvalue weighted by atomic mass is 9.68. The second kappa shape index (κ2) is 7.67. The third kappa shape index (κ3) is 3.24. The van der Waals surface area contributed by atoms with Crippen molar-refractivity contribution in [3.8, 4) is 11.5 Å². The normalized spacial score (nSPS) is 23.2. The third-order valence-corrected chi connectivity index (χ3v) is 7.29. The molecular formula is C29H26O3. The van der Waals surface area contributed by atoms with Crippen LogP contribution < -0.4 is 9.47 Å². The number of Topliss-reactive ketones (excluding diaryl/α,β-unsaturated/α-hetero) is 1. The van der Waals surface area contributed by atoms with E-state index in [0.717, 1.165) is 29.9 Å². The number of carbonyl (C=O) groups excluding carboxylic acids is 1. The molecular weight excluding hydrogens is 396 g/mol. The molecule has 0 saturated heterocycles. The van der Waals surface area contributed by atoms with Crippen LogP contribution in [0.5, 0.6) is 11.5 Å². The van der Waals surface area contributed by atoms with Gasteiger partial charge in [0.25, 0.3) is 0 Å². The van der Waals surface area contributed by atoms with Gasteiger partial charge in [0.2, 0.25) is 0 Å². The van der Waals surface area contributed by atoms with Gasteiger partial charge in [0, 0.05) is 5.56 Å². The molecule has 3 heteroatoms. The quantitative estimate of drug-likeness (QED) is 0.472. The van der Waals surface area contributed by atoms with Crippen molar-refractivity contribution in [2.24, 2.45) is 5.92 Å². The summed E-state index contributed by atoms with van der Waals surface area (Å²) in [5.41, 5.74) is 7.57. The zero-order valence-electron chi connectivity index (χ0n) is 18.2. The van der Waals surface area contributed by atoms with E-state index in [0.29, 0.717) is 31.0 Å². The van der Waals surface area contributed by atoms with Gasteiger partial charge in [0.05, 0.1) is 0 Å². The fourth-order valence-corrected chi connectivity index (χ4v) is 5.74. The monoisotopic (exact) mass is 422 g/mol. The fourth-order valence-electron chi connectivity index (χ4n) is 5.74. The summed E-state index contributed by atoms with van der Waals surface area (Å²) in [6.45, 7) is 2.85. The molecule has 1 heterocycles. The summed E-state index contributed by atoms with van der Waals surface area (Å²) in [6, 6.07) is 23.5. The molecule has 0 amide bonds. The average Bonchev–Trinajstić information content (AvgIpc) is 3.29. The standard InChI is InChI=1S/C29H26O3/c1-18(30)19-6-4-7-21(13-19)25-14-22-5-2-3-8-24(22)26-15-23(16-27(25)26)20-9-10-28-29(17-20)32-12-11-31-28/h2-10,13,16-17,25-27H,11-12,14-15H2,1H3. The maximum atomic E-state index is 12.0. The van der Waals surface area contributed by atoms with E-state index in [9.17, 15) is 4.79 Å². The number of carbonyl (C=O) groups is 1. The van der Waals surface area contributed by atoms with Crippen LogP contribution >= 0.6 is 0 Å². The van der Waals surface area contributed by atoms with Crippen molar-refractivity contribution >= 4 is 11.4 Å². The van der Waals surface area contributed by atoms with E-state index in [1.54, 1.807) is 6.92 Å². The topological polar surface area (TPSA) is 35.5 Å². The lowest BCUT2D eigenvalue weighted by Gasteiger charge is -2.36. The predicted molar refractivity (Wildman–Crippen MR) is 126 cm³/mol. The summed E-state index contributed by atoms with van der Waals surface area (Å²) >= 11 is 0. The summed E-state index contributed by atoms with van der Waals surface area (Å²) in [6.07, 6.45) is 4.50. The fraction of sp³-hybridized carbons (Fsp3) is 0.276. The first kappa shape index (κ1) is 19.4. The molecule has 3 aliphatic rings. The first-order valence-electron chi connectivity index (χ1n) is 11.5. The van der Waals surface area contributed by atoms with Crippen molar-refractivity contribution in [2.75, 3.05) is 13.2 Å². The molecule has 0 fully saturated rings. The van der Waals surface area contributed by atoms with E-state index in [2.05, 4.69) is 54.6 Å². The summed E-state index contributed by atoms with van der Waals surface area (Å²) in [7, 11) is 0. The molecule has 32 heavy (non-hydrogen) atoms. The van der Waals surface area contributed by atoms with Gasteiger partial charge in [-0.05, 0) is 83.5 Å². The number of ketones is 1. The zero-order valence-corrected chi connectivity index (χ0v) is 18.2. The molecule has 3 atom stereocenters. The molecule has 0 saturated carbocycles. The first-order chi connectivity index (χ1) is 15.7. The van der Waals surface area contributed by atoms with Gasteiger partial charge in [0.1, 0.15) is 13.2 Å². The van der Waals surface area contributed by atoms with E-state index in [4.69, 9.17) is 9.47 Å². The van der Waals surface area contributed by atoms with Crippen molar-refractivity contribution in [2.45, 2.75) is 31.6 Å². The van der Waals surface area contributed by atoms with Gasteiger partial charge in [-0.25, -0.2) is 0 Å². The average molecular weight is 423 g/mol. The molecule has 3 nitrogen and oxygen atoms in total. The number of hydrogen-bond acceptors (Lipinski definition) is 3.